The number of pyridine rings is 1. The monoisotopic (exact) mass is 408 g/mol. The van der Waals surface area contributed by atoms with E-state index in [1.807, 2.05) is 24.3 Å². The Kier molecular flexibility index (Phi) is 5.43. The van der Waals surface area contributed by atoms with Gasteiger partial charge >= 0.3 is 6.61 Å². The second-order valence-corrected chi connectivity index (χ2v) is 6.73. The van der Waals surface area contributed by atoms with Gasteiger partial charge in [0, 0.05) is 19.0 Å². The fraction of sp³-hybridized carbons (Fsp3) is 0.130. The van der Waals surface area contributed by atoms with Crippen LogP contribution in [0.25, 0.3) is 22.4 Å². The van der Waals surface area contributed by atoms with Crippen molar-refractivity contribution in [3.8, 4) is 17.2 Å². The number of amides is 1. The van der Waals surface area contributed by atoms with Crippen molar-refractivity contribution in [2.24, 2.45) is 0 Å². The molecule has 0 saturated heterocycles. The zero-order chi connectivity index (χ0) is 21.1. The number of nitrogens with zero attached hydrogens (tertiary/aromatic N) is 2. The molecule has 152 valence electrons. The average Bonchev–Trinajstić information content (AvgIpc) is 3.28. The average molecular weight is 408 g/mol. The van der Waals surface area contributed by atoms with E-state index < -0.39 is 6.61 Å². The van der Waals surface area contributed by atoms with Crippen LogP contribution in [-0.2, 0) is 6.54 Å². The van der Waals surface area contributed by atoms with Gasteiger partial charge in [0.1, 0.15) is 11.4 Å². The van der Waals surface area contributed by atoms with E-state index in [2.05, 4.69) is 9.72 Å². The molecule has 5 nitrogen and oxygen atoms in total. The van der Waals surface area contributed by atoms with Gasteiger partial charge in [-0.3, -0.25) is 4.79 Å². The quantitative estimate of drug-likeness (QED) is 0.431. The number of fused-ring (bicyclic) bond motifs is 1. The maximum absolute atomic E-state index is 13.2. The number of hydrogen-bond donors (Lipinski definition) is 0. The summed E-state index contributed by atoms with van der Waals surface area (Å²) in [5.74, 6) is 0.465. The van der Waals surface area contributed by atoms with Crippen LogP contribution < -0.4 is 4.74 Å². The Hall–Kier alpha value is -3.74. The summed E-state index contributed by atoms with van der Waals surface area (Å²) in [7, 11) is 1.69. The van der Waals surface area contributed by atoms with Gasteiger partial charge in [-0.1, -0.05) is 30.3 Å². The second kappa shape index (κ2) is 8.32. The zero-order valence-electron chi connectivity index (χ0n) is 16.1. The van der Waals surface area contributed by atoms with Gasteiger partial charge in [-0.15, -0.1) is 0 Å². The Bertz CT molecular complexity index is 1160. The molecule has 0 N–H and O–H groups in total. The van der Waals surface area contributed by atoms with Gasteiger partial charge in [-0.05, 0) is 42.0 Å². The van der Waals surface area contributed by atoms with Gasteiger partial charge in [0.2, 0.25) is 0 Å². The minimum Gasteiger partial charge on any atom is -0.463 e. The van der Waals surface area contributed by atoms with Crippen LogP contribution in [0.3, 0.4) is 0 Å². The predicted octanol–water partition coefficient (Wildman–Crippen LogP) is 5.37. The minimum atomic E-state index is -2.87. The third-order valence-corrected chi connectivity index (χ3v) is 4.64. The smallest absolute Gasteiger partial charge is 0.387 e. The molecule has 0 atom stereocenters. The normalized spacial score (nSPS) is 11.1. The first-order valence-corrected chi connectivity index (χ1v) is 9.24. The standard InChI is InChI=1S/C23H18F2N2O3/c1-27(14-15-8-10-16(11-9-15)30-23(24)25)22(28)18-13-20(21-7-4-12-29-21)26-19-6-3-2-5-17(18)19/h2-13,23H,14H2,1H3. The molecule has 0 aliphatic rings. The number of halogens is 2. The van der Waals surface area contributed by atoms with Gasteiger partial charge in [-0.2, -0.15) is 8.78 Å². The van der Waals surface area contributed by atoms with Crippen LogP contribution in [0, 0.1) is 0 Å². The fourth-order valence-corrected chi connectivity index (χ4v) is 3.23. The lowest BCUT2D eigenvalue weighted by atomic mass is 10.1. The molecule has 0 saturated carbocycles. The van der Waals surface area contributed by atoms with Crippen LogP contribution in [0.4, 0.5) is 8.78 Å². The summed E-state index contributed by atoms with van der Waals surface area (Å²) in [6, 6.07) is 18.9. The number of hydrogen-bond acceptors (Lipinski definition) is 4. The topological polar surface area (TPSA) is 55.6 Å². The van der Waals surface area contributed by atoms with Crippen LogP contribution in [0.1, 0.15) is 15.9 Å². The van der Waals surface area contributed by atoms with Crippen LogP contribution >= 0.6 is 0 Å². The summed E-state index contributed by atoms with van der Waals surface area (Å²) in [5, 5.41) is 0.741. The molecule has 0 aliphatic carbocycles. The Morgan fingerprint density at radius 2 is 1.87 bits per heavy atom. The molecule has 7 heteroatoms. The number of rotatable bonds is 6. The molecule has 2 aromatic carbocycles. The third kappa shape index (κ3) is 4.15. The van der Waals surface area contributed by atoms with Gasteiger partial charge in [0.25, 0.3) is 5.91 Å². The highest BCUT2D eigenvalue weighted by Gasteiger charge is 2.18. The highest BCUT2D eigenvalue weighted by molar-refractivity contribution is 6.07. The molecular weight excluding hydrogens is 390 g/mol. The van der Waals surface area contributed by atoms with Crippen molar-refractivity contribution in [3.63, 3.8) is 0 Å². The summed E-state index contributed by atoms with van der Waals surface area (Å²) in [6.07, 6.45) is 1.56. The van der Waals surface area contributed by atoms with E-state index >= 15 is 0 Å². The molecule has 4 rings (SSSR count). The van der Waals surface area contributed by atoms with Crippen molar-refractivity contribution < 1.29 is 22.7 Å². The SMILES string of the molecule is CN(Cc1ccc(OC(F)F)cc1)C(=O)c1cc(-c2ccco2)nc2ccccc12. The van der Waals surface area contributed by atoms with Crippen LogP contribution in [0.15, 0.2) is 77.4 Å². The molecule has 0 aliphatic heterocycles. The molecular formula is C23H18F2N2O3. The predicted molar refractivity (Wildman–Crippen MR) is 108 cm³/mol. The van der Waals surface area contributed by atoms with E-state index in [4.69, 9.17) is 4.42 Å². The minimum absolute atomic E-state index is 0.0750. The largest absolute Gasteiger partial charge is 0.463 e. The molecule has 2 heterocycles. The van der Waals surface area contributed by atoms with Gasteiger partial charge < -0.3 is 14.1 Å². The molecule has 4 aromatic rings. The maximum Gasteiger partial charge on any atom is 0.387 e. The first-order valence-electron chi connectivity index (χ1n) is 9.24. The Morgan fingerprint density at radius 3 is 2.57 bits per heavy atom. The summed E-state index contributed by atoms with van der Waals surface area (Å²) in [4.78, 5) is 19.4. The number of benzene rings is 2. The number of carbonyl (C=O) groups excluding carboxylic acids is 1. The molecule has 2 aromatic heterocycles. The number of carbonyl (C=O) groups is 1. The highest BCUT2D eigenvalue weighted by Crippen LogP contribution is 2.26. The number of para-hydroxylation sites is 1. The van der Waals surface area contributed by atoms with E-state index in [1.54, 1.807) is 48.5 Å². The van der Waals surface area contributed by atoms with Crippen molar-refractivity contribution in [1.82, 2.24) is 9.88 Å². The lowest BCUT2D eigenvalue weighted by molar-refractivity contribution is -0.0498. The van der Waals surface area contributed by atoms with E-state index in [0.29, 0.717) is 29.1 Å². The first-order chi connectivity index (χ1) is 14.5. The highest BCUT2D eigenvalue weighted by atomic mass is 19.3. The van der Waals surface area contributed by atoms with Crippen LogP contribution in [-0.4, -0.2) is 29.5 Å². The molecule has 30 heavy (non-hydrogen) atoms. The van der Waals surface area contributed by atoms with Gasteiger partial charge in [-0.25, -0.2) is 4.98 Å². The Morgan fingerprint density at radius 1 is 1.10 bits per heavy atom. The second-order valence-electron chi connectivity index (χ2n) is 6.73. The van der Waals surface area contributed by atoms with Gasteiger partial charge in [0.05, 0.1) is 17.3 Å². The van der Waals surface area contributed by atoms with Crippen molar-refractivity contribution >= 4 is 16.8 Å². The van der Waals surface area contributed by atoms with E-state index in [-0.39, 0.29) is 11.7 Å². The van der Waals surface area contributed by atoms with Crippen molar-refractivity contribution in [1.29, 1.82) is 0 Å². The van der Waals surface area contributed by atoms with Crippen molar-refractivity contribution in [2.45, 2.75) is 13.2 Å². The fourth-order valence-electron chi connectivity index (χ4n) is 3.23. The summed E-state index contributed by atoms with van der Waals surface area (Å²) in [5.41, 5.74) is 2.56. The molecule has 1 amide bonds. The lowest BCUT2D eigenvalue weighted by Gasteiger charge is -2.19. The van der Waals surface area contributed by atoms with Crippen LogP contribution in [0.5, 0.6) is 5.75 Å². The van der Waals surface area contributed by atoms with Crippen LogP contribution in [0.2, 0.25) is 0 Å². The molecule has 0 spiro atoms. The Balaban J connectivity index is 1.62. The summed E-state index contributed by atoms with van der Waals surface area (Å²) >= 11 is 0. The molecule has 0 bridgehead atoms. The van der Waals surface area contributed by atoms with E-state index in [0.717, 1.165) is 10.9 Å². The van der Waals surface area contributed by atoms with E-state index in [1.165, 1.54) is 12.1 Å². The number of alkyl halides is 2. The maximum atomic E-state index is 13.2. The van der Waals surface area contributed by atoms with E-state index in [9.17, 15) is 13.6 Å². The molecule has 0 fully saturated rings. The summed E-state index contributed by atoms with van der Waals surface area (Å²) < 4.78 is 34.4. The molecule has 0 radical (unpaired) electrons. The molecule has 0 unspecified atom stereocenters. The van der Waals surface area contributed by atoms with Gasteiger partial charge in [0.15, 0.2) is 5.76 Å². The lowest BCUT2D eigenvalue weighted by Crippen LogP contribution is -2.26. The first kappa shape index (κ1) is 19.6. The third-order valence-electron chi connectivity index (χ3n) is 4.64. The zero-order valence-corrected chi connectivity index (χ0v) is 16.1. The van der Waals surface area contributed by atoms with Crippen molar-refractivity contribution in [2.75, 3.05) is 7.05 Å². The Labute approximate surface area is 171 Å². The number of furan rings is 1. The number of ether oxygens (including phenoxy) is 1. The van der Waals surface area contributed by atoms with Crippen molar-refractivity contribution in [3.05, 3.63) is 84.1 Å². The summed E-state index contributed by atoms with van der Waals surface area (Å²) in [6.45, 7) is -2.57. The number of aromatic nitrogens is 1.